The van der Waals surface area contributed by atoms with E-state index in [0.717, 1.165) is 42.6 Å². The van der Waals surface area contributed by atoms with Crippen LogP contribution in [0.3, 0.4) is 0 Å². The SMILES string of the molecule is CCOc1ccccc1C(=O)NCC(=O)N(C)CCCCCc1cc(-c2ccc(F)cc2)n[nH]1. The van der Waals surface area contributed by atoms with E-state index in [1.165, 1.54) is 12.1 Å². The highest BCUT2D eigenvalue weighted by molar-refractivity contribution is 5.98. The van der Waals surface area contributed by atoms with Crippen LogP contribution in [0.15, 0.2) is 54.6 Å². The number of likely N-dealkylation sites (N-methyl/N-ethyl adjacent to an activating group) is 1. The van der Waals surface area contributed by atoms with Crippen molar-refractivity contribution in [1.82, 2.24) is 20.4 Å². The highest BCUT2D eigenvalue weighted by Gasteiger charge is 2.15. The van der Waals surface area contributed by atoms with Crippen LogP contribution in [-0.2, 0) is 11.2 Å². The Balaban J connectivity index is 1.34. The number of carbonyl (C=O) groups excluding carboxylic acids is 2. The lowest BCUT2D eigenvalue weighted by Crippen LogP contribution is -2.38. The zero-order chi connectivity index (χ0) is 24.3. The monoisotopic (exact) mass is 466 g/mol. The molecule has 2 aromatic carbocycles. The molecule has 180 valence electrons. The minimum Gasteiger partial charge on any atom is -0.493 e. The quantitative estimate of drug-likeness (QED) is 0.392. The number of halogens is 1. The standard InChI is InChI=1S/C26H31FN4O3/c1-3-34-24-11-7-6-10-22(24)26(33)28-18-25(32)31(2)16-8-4-5-9-21-17-23(30-29-21)19-12-14-20(27)15-13-19/h6-7,10-15,17H,3-5,8-9,16,18H2,1-2H3,(H,28,33)(H,29,30). The van der Waals surface area contributed by atoms with Gasteiger partial charge in [0.25, 0.3) is 5.91 Å². The van der Waals surface area contributed by atoms with Gasteiger partial charge in [0.05, 0.1) is 24.4 Å². The lowest BCUT2D eigenvalue weighted by atomic mass is 10.1. The summed E-state index contributed by atoms with van der Waals surface area (Å²) in [5, 5.41) is 10.0. The number of ether oxygens (including phenoxy) is 1. The van der Waals surface area contributed by atoms with Crippen LogP contribution < -0.4 is 10.1 Å². The van der Waals surface area contributed by atoms with Crippen LogP contribution in [0, 0.1) is 5.82 Å². The van der Waals surface area contributed by atoms with Gasteiger partial charge in [-0.2, -0.15) is 5.10 Å². The van der Waals surface area contributed by atoms with Crippen molar-refractivity contribution in [2.45, 2.75) is 32.6 Å². The zero-order valence-corrected chi connectivity index (χ0v) is 19.6. The van der Waals surface area contributed by atoms with E-state index in [0.29, 0.717) is 24.5 Å². The molecule has 0 radical (unpaired) electrons. The number of amides is 2. The van der Waals surface area contributed by atoms with Crippen LogP contribution in [-0.4, -0.2) is 53.7 Å². The molecule has 0 fully saturated rings. The number of carbonyl (C=O) groups is 2. The first kappa shape index (κ1) is 25.0. The van der Waals surface area contributed by atoms with Crippen LogP contribution in [0.1, 0.15) is 42.2 Å². The number of hydrogen-bond acceptors (Lipinski definition) is 4. The molecule has 0 unspecified atom stereocenters. The van der Waals surface area contributed by atoms with Crippen LogP contribution in [0.5, 0.6) is 5.75 Å². The number of aryl methyl sites for hydroxylation is 1. The molecule has 0 aliphatic rings. The number of rotatable bonds is 12. The summed E-state index contributed by atoms with van der Waals surface area (Å²) in [5.74, 6) is -0.229. The molecule has 2 amide bonds. The summed E-state index contributed by atoms with van der Waals surface area (Å²) < 4.78 is 18.5. The third kappa shape index (κ3) is 7.16. The molecule has 7 nitrogen and oxygen atoms in total. The third-order valence-corrected chi connectivity index (χ3v) is 5.47. The van der Waals surface area contributed by atoms with E-state index < -0.39 is 0 Å². The maximum absolute atomic E-state index is 13.1. The van der Waals surface area contributed by atoms with Crippen molar-refractivity contribution in [3.8, 4) is 17.0 Å². The van der Waals surface area contributed by atoms with Crippen LogP contribution >= 0.6 is 0 Å². The molecule has 0 aliphatic carbocycles. The van der Waals surface area contributed by atoms with Crippen LogP contribution in [0.25, 0.3) is 11.3 Å². The van der Waals surface area contributed by atoms with Crippen molar-refractivity contribution in [2.24, 2.45) is 0 Å². The first-order valence-electron chi connectivity index (χ1n) is 11.5. The molecule has 0 aliphatic heterocycles. The average Bonchev–Trinajstić information content (AvgIpc) is 3.32. The van der Waals surface area contributed by atoms with Crippen molar-refractivity contribution in [3.63, 3.8) is 0 Å². The van der Waals surface area contributed by atoms with Gasteiger partial charge in [0.15, 0.2) is 0 Å². The normalized spacial score (nSPS) is 10.7. The topological polar surface area (TPSA) is 87.3 Å². The summed E-state index contributed by atoms with van der Waals surface area (Å²) in [6.45, 7) is 2.87. The number of unbranched alkanes of at least 4 members (excludes halogenated alkanes) is 2. The minimum absolute atomic E-state index is 0.0594. The first-order valence-corrected chi connectivity index (χ1v) is 11.5. The Morgan fingerprint density at radius 1 is 1.09 bits per heavy atom. The van der Waals surface area contributed by atoms with Gasteiger partial charge < -0.3 is 15.0 Å². The number of benzene rings is 2. The van der Waals surface area contributed by atoms with Gasteiger partial charge in [0, 0.05) is 24.8 Å². The lowest BCUT2D eigenvalue weighted by Gasteiger charge is -2.17. The number of aromatic amines is 1. The first-order chi connectivity index (χ1) is 16.5. The molecule has 0 saturated carbocycles. The van der Waals surface area contributed by atoms with Crippen molar-refractivity contribution < 1.29 is 18.7 Å². The van der Waals surface area contributed by atoms with Gasteiger partial charge in [-0.1, -0.05) is 18.6 Å². The van der Waals surface area contributed by atoms with Gasteiger partial charge in [-0.3, -0.25) is 14.7 Å². The van der Waals surface area contributed by atoms with Crippen LogP contribution in [0.4, 0.5) is 4.39 Å². The molecule has 34 heavy (non-hydrogen) atoms. The molecule has 8 heteroatoms. The summed E-state index contributed by atoms with van der Waals surface area (Å²) in [5.41, 5.74) is 3.11. The van der Waals surface area contributed by atoms with Gasteiger partial charge >= 0.3 is 0 Å². The Morgan fingerprint density at radius 2 is 1.85 bits per heavy atom. The third-order valence-electron chi connectivity index (χ3n) is 5.47. The molecule has 3 aromatic rings. The smallest absolute Gasteiger partial charge is 0.255 e. The number of nitrogens with one attached hydrogen (secondary N) is 2. The summed E-state index contributed by atoms with van der Waals surface area (Å²) in [7, 11) is 1.74. The second-order valence-electron chi connectivity index (χ2n) is 8.02. The van der Waals surface area contributed by atoms with E-state index in [1.54, 1.807) is 48.3 Å². The van der Waals surface area contributed by atoms with Gasteiger partial charge in [-0.05, 0) is 68.7 Å². The van der Waals surface area contributed by atoms with Gasteiger partial charge in [0.1, 0.15) is 11.6 Å². The molecule has 1 heterocycles. The Labute approximate surface area is 199 Å². The molecule has 0 spiro atoms. The second-order valence-corrected chi connectivity index (χ2v) is 8.02. The Hall–Kier alpha value is -3.68. The van der Waals surface area contributed by atoms with E-state index in [2.05, 4.69) is 15.5 Å². The van der Waals surface area contributed by atoms with Gasteiger partial charge in [0.2, 0.25) is 5.91 Å². The van der Waals surface area contributed by atoms with Crippen molar-refractivity contribution in [3.05, 3.63) is 71.7 Å². The number of hydrogen-bond donors (Lipinski definition) is 2. The van der Waals surface area contributed by atoms with Crippen molar-refractivity contribution >= 4 is 11.8 Å². The molecule has 2 N–H and O–H groups in total. The minimum atomic E-state index is -0.328. The fraction of sp³-hybridized carbons (Fsp3) is 0.346. The van der Waals surface area contributed by atoms with Crippen molar-refractivity contribution in [1.29, 1.82) is 0 Å². The Bertz CT molecular complexity index is 1080. The highest BCUT2D eigenvalue weighted by atomic mass is 19.1. The number of H-pyrrole nitrogens is 1. The van der Waals surface area contributed by atoms with Gasteiger partial charge in [-0.15, -0.1) is 0 Å². The van der Waals surface area contributed by atoms with E-state index in [1.807, 2.05) is 13.0 Å². The predicted molar refractivity (Wildman–Crippen MR) is 129 cm³/mol. The van der Waals surface area contributed by atoms with E-state index in [-0.39, 0.29) is 24.2 Å². The zero-order valence-electron chi connectivity index (χ0n) is 19.6. The van der Waals surface area contributed by atoms with Gasteiger partial charge in [-0.25, -0.2) is 4.39 Å². The molecular formula is C26H31FN4O3. The Kier molecular flexibility index (Phi) is 9.20. The van der Waals surface area contributed by atoms with E-state index in [9.17, 15) is 14.0 Å². The molecule has 3 rings (SSSR count). The largest absolute Gasteiger partial charge is 0.493 e. The highest BCUT2D eigenvalue weighted by Crippen LogP contribution is 2.19. The molecule has 0 bridgehead atoms. The van der Waals surface area contributed by atoms with E-state index in [4.69, 9.17) is 4.74 Å². The molecule has 0 atom stereocenters. The number of nitrogens with zero attached hydrogens (tertiary/aromatic N) is 2. The maximum Gasteiger partial charge on any atom is 0.255 e. The Morgan fingerprint density at radius 3 is 2.62 bits per heavy atom. The average molecular weight is 467 g/mol. The summed E-state index contributed by atoms with van der Waals surface area (Å²) in [6, 6.07) is 15.2. The van der Waals surface area contributed by atoms with E-state index >= 15 is 0 Å². The predicted octanol–water partition coefficient (Wildman–Crippen LogP) is 4.22. The molecule has 0 saturated heterocycles. The summed E-state index contributed by atoms with van der Waals surface area (Å²) >= 11 is 0. The summed E-state index contributed by atoms with van der Waals surface area (Å²) in [6.07, 6.45) is 3.62. The van der Waals surface area contributed by atoms with Crippen LogP contribution in [0.2, 0.25) is 0 Å². The summed E-state index contributed by atoms with van der Waals surface area (Å²) in [4.78, 5) is 26.4. The number of aromatic nitrogens is 2. The number of para-hydroxylation sites is 1. The molecular weight excluding hydrogens is 435 g/mol. The fourth-order valence-electron chi connectivity index (χ4n) is 3.55. The maximum atomic E-state index is 13.1. The second kappa shape index (κ2) is 12.5. The van der Waals surface area contributed by atoms with Crippen molar-refractivity contribution in [2.75, 3.05) is 26.7 Å². The molecule has 1 aromatic heterocycles. The fourth-order valence-corrected chi connectivity index (χ4v) is 3.55. The lowest BCUT2D eigenvalue weighted by molar-refractivity contribution is -0.128.